The number of nitrogens with zero attached hydrogens (tertiary/aromatic N) is 2. The number of rotatable bonds is 5. The summed E-state index contributed by atoms with van der Waals surface area (Å²) in [5, 5.41) is 2.26. The van der Waals surface area contributed by atoms with Crippen LogP contribution in [0, 0.1) is 12.8 Å². The van der Waals surface area contributed by atoms with Gasteiger partial charge in [0, 0.05) is 47.1 Å². The number of fused-ring (bicyclic) bond motifs is 1. The lowest BCUT2D eigenvalue weighted by molar-refractivity contribution is 0.549. The highest BCUT2D eigenvalue weighted by Gasteiger charge is 2.13. The number of pyridine rings is 1. The van der Waals surface area contributed by atoms with Crippen LogP contribution in [0.2, 0.25) is 0 Å². The van der Waals surface area contributed by atoms with Gasteiger partial charge in [-0.2, -0.15) is 0 Å². The fourth-order valence-corrected chi connectivity index (χ4v) is 2.53. The van der Waals surface area contributed by atoms with Crippen LogP contribution in [0.4, 0.5) is 11.4 Å². The van der Waals surface area contributed by atoms with E-state index < -0.39 is 0 Å². The van der Waals surface area contributed by atoms with Crippen LogP contribution in [0.25, 0.3) is 10.8 Å². The van der Waals surface area contributed by atoms with Crippen LogP contribution in [0.5, 0.6) is 0 Å². The Hall–Kier alpha value is -1.77. The van der Waals surface area contributed by atoms with E-state index in [9.17, 15) is 0 Å². The summed E-state index contributed by atoms with van der Waals surface area (Å²) < 4.78 is 0. The van der Waals surface area contributed by atoms with E-state index in [2.05, 4.69) is 42.8 Å². The second-order valence-electron chi connectivity index (χ2n) is 5.60. The first-order chi connectivity index (χ1) is 9.56. The Balaban J connectivity index is 2.52. The van der Waals surface area contributed by atoms with Crippen molar-refractivity contribution in [1.82, 2.24) is 4.98 Å². The van der Waals surface area contributed by atoms with Gasteiger partial charge in [0.2, 0.25) is 0 Å². The minimum Gasteiger partial charge on any atom is -0.398 e. The molecule has 0 bridgehead atoms. The minimum atomic E-state index is 0.686. The van der Waals surface area contributed by atoms with Crippen molar-refractivity contribution in [3.63, 3.8) is 0 Å². The molecular weight excluding hydrogens is 246 g/mol. The molecule has 3 nitrogen and oxygen atoms in total. The summed E-state index contributed by atoms with van der Waals surface area (Å²) in [5.41, 5.74) is 9.19. The van der Waals surface area contributed by atoms with Gasteiger partial charge in [-0.3, -0.25) is 4.98 Å². The van der Waals surface area contributed by atoms with E-state index in [1.807, 2.05) is 19.2 Å². The Bertz CT molecular complexity index is 592. The van der Waals surface area contributed by atoms with Gasteiger partial charge < -0.3 is 10.6 Å². The molecule has 20 heavy (non-hydrogen) atoms. The highest BCUT2D eigenvalue weighted by Crippen LogP contribution is 2.31. The van der Waals surface area contributed by atoms with Crippen LogP contribution in [-0.4, -0.2) is 18.1 Å². The van der Waals surface area contributed by atoms with Crippen LogP contribution in [0.3, 0.4) is 0 Å². The molecule has 0 spiro atoms. The number of nitrogens with two attached hydrogens (primary N) is 1. The first-order valence-corrected chi connectivity index (χ1v) is 7.46. The number of benzene rings is 1. The van der Waals surface area contributed by atoms with Crippen LogP contribution in [-0.2, 0) is 0 Å². The standard InChI is InChI=1S/C17H25N3/c1-5-12(3)11-20(6-2)17-8-7-16(18)15-10-19-13(4)9-14(15)17/h7-10,12H,5-6,11,18H2,1-4H3. The Morgan fingerprint density at radius 3 is 2.65 bits per heavy atom. The van der Waals surface area contributed by atoms with Crippen molar-refractivity contribution in [2.45, 2.75) is 34.1 Å². The summed E-state index contributed by atoms with van der Waals surface area (Å²) in [6.07, 6.45) is 3.09. The second kappa shape index (κ2) is 6.12. The molecule has 1 aromatic carbocycles. The number of aromatic nitrogens is 1. The zero-order valence-corrected chi connectivity index (χ0v) is 13.0. The lowest BCUT2D eigenvalue weighted by atomic mass is 10.0. The second-order valence-corrected chi connectivity index (χ2v) is 5.60. The summed E-state index contributed by atoms with van der Waals surface area (Å²) in [6, 6.07) is 6.28. The highest BCUT2D eigenvalue weighted by molar-refractivity contribution is 6.01. The van der Waals surface area contributed by atoms with Gasteiger partial charge in [0.05, 0.1) is 0 Å². The van der Waals surface area contributed by atoms with Crippen molar-refractivity contribution < 1.29 is 0 Å². The molecule has 1 aromatic heterocycles. The maximum atomic E-state index is 6.09. The van der Waals surface area contributed by atoms with E-state index in [0.29, 0.717) is 5.92 Å². The molecule has 0 amide bonds. The van der Waals surface area contributed by atoms with Crippen molar-refractivity contribution in [1.29, 1.82) is 0 Å². The average molecular weight is 271 g/mol. The van der Waals surface area contributed by atoms with E-state index >= 15 is 0 Å². The van der Waals surface area contributed by atoms with Crippen LogP contribution in [0.15, 0.2) is 24.4 Å². The van der Waals surface area contributed by atoms with Gasteiger partial charge in [0.1, 0.15) is 0 Å². The quantitative estimate of drug-likeness (QED) is 0.836. The van der Waals surface area contributed by atoms with Crippen LogP contribution in [0.1, 0.15) is 32.9 Å². The monoisotopic (exact) mass is 271 g/mol. The molecule has 1 unspecified atom stereocenters. The first-order valence-electron chi connectivity index (χ1n) is 7.46. The van der Waals surface area contributed by atoms with Gasteiger partial charge in [-0.15, -0.1) is 0 Å². The Kier molecular flexibility index (Phi) is 4.48. The van der Waals surface area contributed by atoms with Gasteiger partial charge in [0.25, 0.3) is 0 Å². The Morgan fingerprint density at radius 1 is 1.25 bits per heavy atom. The van der Waals surface area contributed by atoms with E-state index in [1.54, 1.807) is 0 Å². The third-order valence-corrected chi connectivity index (χ3v) is 4.00. The van der Waals surface area contributed by atoms with E-state index in [4.69, 9.17) is 5.73 Å². The number of aryl methyl sites for hydroxylation is 1. The normalized spacial score (nSPS) is 12.6. The van der Waals surface area contributed by atoms with Crippen LogP contribution < -0.4 is 10.6 Å². The predicted molar refractivity (Wildman–Crippen MR) is 88.2 cm³/mol. The van der Waals surface area contributed by atoms with Gasteiger partial charge in [-0.05, 0) is 38.0 Å². The molecule has 0 aliphatic heterocycles. The summed E-state index contributed by atoms with van der Waals surface area (Å²) in [6.45, 7) is 10.9. The molecule has 0 radical (unpaired) electrons. The third-order valence-electron chi connectivity index (χ3n) is 4.00. The molecule has 0 saturated carbocycles. The molecule has 0 saturated heterocycles. The average Bonchev–Trinajstić information content (AvgIpc) is 2.45. The summed E-state index contributed by atoms with van der Waals surface area (Å²) in [4.78, 5) is 6.81. The highest BCUT2D eigenvalue weighted by atomic mass is 15.1. The molecule has 2 N–H and O–H groups in total. The molecule has 0 aliphatic carbocycles. The fraction of sp³-hybridized carbons (Fsp3) is 0.471. The van der Waals surface area contributed by atoms with Crippen molar-refractivity contribution in [3.8, 4) is 0 Å². The summed E-state index contributed by atoms with van der Waals surface area (Å²) >= 11 is 0. The zero-order chi connectivity index (χ0) is 14.7. The summed E-state index contributed by atoms with van der Waals surface area (Å²) in [5.74, 6) is 0.686. The molecule has 2 rings (SSSR count). The molecule has 3 heteroatoms. The molecule has 2 aromatic rings. The van der Waals surface area contributed by atoms with Crippen molar-refractivity contribution >= 4 is 22.1 Å². The lowest BCUT2D eigenvalue weighted by Gasteiger charge is -2.28. The minimum absolute atomic E-state index is 0.686. The van der Waals surface area contributed by atoms with Crippen molar-refractivity contribution in [2.24, 2.45) is 5.92 Å². The largest absolute Gasteiger partial charge is 0.398 e. The van der Waals surface area contributed by atoms with E-state index in [0.717, 1.165) is 29.9 Å². The van der Waals surface area contributed by atoms with Gasteiger partial charge >= 0.3 is 0 Å². The van der Waals surface area contributed by atoms with Crippen LogP contribution >= 0.6 is 0 Å². The van der Waals surface area contributed by atoms with Gasteiger partial charge in [-0.25, -0.2) is 0 Å². The molecule has 0 fully saturated rings. The van der Waals surface area contributed by atoms with E-state index in [-0.39, 0.29) is 0 Å². The number of anilines is 2. The third kappa shape index (κ3) is 2.87. The van der Waals surface area contributed by atoms with Gasteiger partial charge in [0.15, 0.2) is 0 Å². The first kappa shape index (κ1) is 14.6. The SMILES string of the molecule is CCC(C)CN(CC)c1ccc(N)c2cnc(C)cc12. The Morgan fingerprint density at radius 2 is 2.00 bits per heavy atom. The molecule has 1 heterocycles. The molecule has 1 atom stereocenters. The van der Waals surface area contributed by atoms with Crippen molar-refractivity contribution in [2.75, 3.05) is 23.7 Å². The number of hydrogen-bond donors (Lipinski definition) is 1. The maximum Gasteiger partial charge on any atom is 0.0448 e. The van der Waals surface area contributed by atoms with Gasteiger partial charge in [-0.1, -0.05) is 20.3 Å². The fourth-order valence-electron chi connectivity index (χ4n) is 2.53. The number of nitrogen functional groups attached to an aromatic ring is 1. The molecular formula is C17H25N3. The number of hydrogen-bond acceptors (Lipinski definition) is 3. The zero-order valence-electron chi connectivity index (χ0n) is 13.0. The maximum absolute atomic E-state index is 6.09. The van der Waals surface area contributed by atoms with Crippen molar-refractivity contribution in [3.05, 3.63) is 30.1 Å². The molecule has 108 valence electrons. The lowest BCUT2D eigenvalue weighted by Crippen LogP contribution is -2.28. The Labute approximate surface area is 121 Å². The molecule has 0 aliphatic rings. The smallest absolute Gasteiger partial charge is 0.0448 e. The topological polar surface area (TPSA) is 42.1 Å². The summed E-state index contributed by atoms with van der Waals surface area (Å²) in [7, 11) is 0. The van der Waals surface area contributed by atoms with E-state index in [1.165, 1.54) is 17.5 Å². The predicted octanol–water partition coefficient (Wildman–Crippen LogP) is 4.00.